The van der Waals surface area contributed by atoms with Gasteiger partial charge in [0.1, 0.15) is 17.2 Å². The minimum atomic E-state index is -0.362. The third-order valence-corrected chi connectivity index (χ3v) is 5.72. The number of para-hydroxylation sites is 2. The van der Waals surface area contributed by atoms with Crippen LogP contribution in [-0.4, -0.2) is 53.6 Å². The number of piperazine rings is 1. The summed E-state index contributed by atoms with van der Waals surface area (Å²) in [5.41, 5.74) is 3.88. The Bertz CT molecular complexity index is 1230. The van der Waals surface area contributed by atoms with Crippen molar-refractivity contribution >= 4 is 34.3 Å². The monoisotopic (exact) mass is 401 g/mol. The molecule has 0 bridgehead atoms. The van der Waals surface area contributed by atoms with Gasteiger partial charge in [0.2, 0.25) is 0 Å². The zero-order chi connectivity index (χ0) is 20.7. The van der Waals surface area contributed by atoms with Gasteiger partial charge in [0, 0.05) is 32.4 Å². The summed E-state index contributed by atoms with van der Waals surface area (Å²) in [6, 6.07) is 16.1. The van der Waals surface area contributed by atoms with Gasteiger partial charge in [-0.05, 0) is 42.8 Å². The third-order valence-electron chi connectivity index (χ3n) is 5.72. The molecule has 0 aliphatic carbocycles. The Morgan fingerprint density at radius 3 is 2.47 bits per heavy atom. The first-order chi connectivity index (χ1) is 14.7. The van der Waals surface area contributed by atoms with Gasteiger partial charge in [0.05, 0.1) is 18.1 Å². The van der Waals surface area contributed by atoms with E-state index in [1.54, 1.807) is 0 Å². The van der Waals surface area contributed by atoms with Crippen molar-refractivity contribution in [2.24, 2.45) is 0 Å². The number of methoxy groups -OCH3 is 1. The van der Waals surface area contributed by atoms with E-state index in [-0.39, 0.29) is 5.97 Å². The topological polar surface area (TPSA) is 63.0 Å². The first kappa shape index (κ1) is 18.4. The van der Waals surface area contributed by atoms with E-state index in [1.165, 1.54) is 7.11 Å². The molecular formula is C23H23N5O2. The molecule has 0 unspecified atom stereocenters. The number of rotatable bonds is 3. The van der Waals surface area contributed by atoms with Crippen molar-refractivity contribution in [3.63, 3.8) is 0 Å². The predicted molar refractivity (Wildman–Crippen MR) is 117 cm³/mol. The minimum Gasteiger partial charge on any atom is -0.465 e. The highest BCUT2D eigenvalue weighted by Gasteiger charge is 2.25. The lowest BCUT2D eigenvalue weighted by atomic mass is 10.1. The molecule has 0 radical (unpaired) electrons. The highest BCUT2D eigenvalue weighted by Crippen LogP contribution is 2.30. The number of imidazole rings is 1. The molecule has 1 aliphatic heterocycles. The number of carbonyl (C=O) groups excluding carboxylic acids is 1. The fraction of sp³-hybridized carbons (Fsp3) is 0.261. The summed E-state index contributed by atoms with van der Waals surface area (Å²) in [5, 5.41) is 0. The molecular weight excluding hydrogens is 378 g/mol. The van der Waals surface area contributed by atoms with Crippen molar-refractivity contribution in [3.05, 3.63) is 65.9 Å². The number of anilines is 2. The maximum absolute atomic E-state index is 12.5. The molecule has 0 spiro atoms. The summed E-state index contributed by atoms with van der Waals surface area (Å²) in [5.74, 6) is 1.69. The number of nitrogens with zero attached hydrogens (tertiary/aromatic N) is 5. The van der Waals surface area contributed by atoms with Crippen molar-refractivity contribution < 1.29 is 9.53 Å². The number of hydrogen-bond acceptors (Lipinski definition) is 6. The van der Waals surface area contributed by atoms with E-state index in [1.807, 2.05) is 55.6 Å². The van der Waals surface area contributed by atoms with Gasteiger partial charge >= 0.3 is 5.97 Å². The predicted octanol–water partition coefficient (Wildman–Crippen LogP) is 3.30. The second-order valence-electron chi connectivity index (χ2n) is 7.47. The van der Waals surface area contributed by atoms with Crippen molar-refractivity contribution in [1.29, 1.82) is 0 Å². The maximum Gasteiger partial charge on any atom is 0.341 e. The van der Waals surface area contributed by atoms with Crippen molar-refractivity contribution in [2.45, 2.75) is 6.92 Å². The molecule has 3 aromatic heterocycles. The molecule has 0 amide bonds. The van der Waals surface area contributed by atoms with Crippen molar-refractivity contribution in [1.82, 2.24) is 14.4 Å². The Morgan fingerprint density at radius 2 is 1.73 bits per heavy atom. The number of benzene rings is 1. The maximum atomic E-state index is 12.5. The Kier molecular flexibility index (Phi) is 4.50. The van der Waals surface area contributed by atoms with Crippen molar-refractivity contribution in [3.8, 4) is 0 Å². The normalized spacial score (nSPS) is 14.5. The zero-order valence-electron chi connectivity index (χ0n) is 17.1. The molecule has 1 fully saturated rings. The lowest BCUT2D eigenvalue weighted by Gasteiger charge is -2.37. The lowest BCUT2D eigenvalue weighted by Crippen LogP contribution is -2.47. The molecule has 0 N–H and O–H groups in total. The van der Waals surface area contributed by atoms with Crippen molar-refractivity contribution in [2.75, 3.05) is 43.1 Å². The van der Waals surface area contributed by atoms with E-state index in [9.17, 15) is 4.79 Å². The molecule has 1 aliphatic rings. The van der Waals surface area contributed by atoms with Gasteiger partial charge in [0.15, 0.2) is 5.65 Å². The number of esters is 1. The molecule has 7 heteroatoms. The first-order valence-electron chi connectivity index (χ1n) is 10.1. The second kappa shape index (κ2) is 7.33. The van der Waals surface area contributed by atoms with Crippen LogP contribution < -0.4 is 9.80 Å². The highest BCUT2D eigenvalue weighted by atomic mass is 16.5. The quantitative estimate of drug-likeness (QED) is 0.491. The Balaban J connectivity index is 1.59. The highest BCUT2D eigenvalue weighted by molar-refractivity contribution is 6.00. The fourth-order valence-electron chi connectivity index (χ4n) is 4.22. The van der Waals surface area contributed by atoms with Crippen LogP contribution in [0.4, 0.5) is 11.6 Å². The third kappa shape index (κ3) is 2.94. The number of hydrogen-bond donors (Lipinski definition) is 0. The minimum absolute atomic E-state index is 0.362. The van der Waals surface area contributed by atoms with E-state index in [4.69, 9.17) is 9.72 Å². The molecule has 0 atom stereocenters. The summed E-state index contributed by atoms with van der Waals surface area (Å²) in [6.07, 6.45) is 1.83. The lowest BCUT2D eigenvalue weighted by molar-refractivity contribution is 0.0601. The average Bonchev–Trinajstić information content (AvgIpc) is 3.18. The van der Waals surface area contributed by atoms with Crippen LogP contribution in [0.25, 0.3) is 16.7 Å². The van der Waals surface area contributed by atoms with E-state index in [2.05, 4.69) is 25.3 Å². The van der Waals surface area contributed by atoms with Gasteiger partial charge in [-0.2, -0.15) is 0 Å². The van der Waals surface area contributed by atoms with Gasteiger partial charge in [-0.15, -0.1) is 0 Å². The number of pyridine rings is 2. The van der Waals surface area contributed by atoms with Crippen LogP contribution in [0, 0.1) is 6.92 Å². The number of aryl methyl sites for hydroxylation is 1. The van der Waals surface area contributed by atoms with Gasteiger partial charge in [0.25, 0.3) is 0 Å². The number of ether oxygens (including phenoxy) is 1. The SMILES string of the molecule is COC(=O)c1c(C)cc(N2CCN(c3ccccn3)CC2)n2c1nc1ccccc12. The Hall–Kier alpha value is -3.61. The van der Waals surface area contributed by atoms with Crippen LogP contribution >= 0.6 is 0 Å². The van der Waals surface area contributed by atoms with Crippen LogP contribution in [0.2, 0.25) is 0 Å². The molecule has 30 heavy (non-hydrogen) atoms. The largest absolute Gasteiger partial charge is 0.465 e. The summed E-state index contributed by atoms with van der Waals surface area (Å²) in [4.78, 5) is 26.4. The van der Waals surface area contributed by atoms with Gasteiger partial charge < -0.3 is 14.5 Å². The van der Waals surface area contributed by atoms with Crippen LogP contribution in [0.15, 0.2) is 54.7 Å². The zero-order valence-corrected chi connectivity index (χ0v) is 17.1. The smallest absolute Gasteiger partial charge is 0.341 e. The fourth-order valence-corrected chi connectivity index (χ4v) is 4.22. The summed E-state index contributed by atoms with van der Waals surface area (Å²) < 4.78 is 7.14. The number of fused-ring (bicyclic) bond motifs is 3. The Morgan fingerprint density at radius 1 is 1.00 bits per heavy atom. The average molecular weight is 401 g/mol. The van der Waals surface area contributed by atoms with Gasteiger partial charge in [-0.1, -0.05) is 18.2 Å². The van der Waals surface area contributed by atoms with Crippen LogP contribution in [0.1, 0.15) is 15.9 Å². The number of aromatic nitrogens is 3. The Labute approximate surface area is 174 Å². The van der Waals surface area contributed by atoms with Gasteiger partial charge in [-0.25, -0.2) is 14.8 Å². The van der Waals surface area contributed by atoms with E-state index < -0.39 is 0 Å². The van der Waals surface area contributed by atoms with Crippen LogP contribution in [0.3, 0.4) is 0 Å². The summed E-state index contributed by atoms with van der Waals surface area (Å²) >= 11 is 0. The van der Waals surface area contributed by atoms with E-state index >= 15 is 0 Å². The van der Waals surface area contributed by atoms with Crippen LogP contribution in [0.5, 0.6) is 0 Å². The van der Waals surface area contributed by atoms with Gasteiger partial charge in [-0.3, -0.25) is 4.40 Å². The molecule has 4 heterocycles. The molecule has 1 aromatic carbocycles. The molecule has 7 nitrogen and oxygen atoms in total. The van der Waals surface area contributed by atoms with E-state index in [0.29, 0.717) is 11.2 Å². The number of carbonyl (C=O) groups is 1. The van der Waals surface area contributed by atoms with Crippen LogP contribution in [-0.2, 0) is 4.74 Å². The first-order valence-corrected chi connectivity index (χ1v) is 10.1. The molecule has 4 aromatic rings. The summed E-state index contributed by atoms with van der Waals surface area (Å²) in [7, 11) is 1.41. The molecule has 152 valence electrons. The second-order valence-corrected chi connectivity index (χ2v) is 7.47. The summed E-state index contributed by atoms with van der Waals surface area (Å²) in [6.45, 7) is 5.41. The molecule has 1 saturated heterocycles. The van der Waals surface area contributed by atoms with E-state index in [0.717, 1.165) is 54.4 Å². The standard InChI is InChI=1S/C23H23N5O2/c1-16-15-20(27-13-11-26(12-14-27)19-9-5-6-10-24-19)28-18-8-4-3-7-17(18)25-22(28)21(16)23(29)30-2/h3-10,15H,11-14H2,1-2H3. The molecule has 0 saturated carbocycles. The molecule has 5 rings (SSSR count).